The number of aromatic nitrogens is 3. The summed E-state index contributed by atoms with van der Waals surface area (Å²) in [4.78, 5) is 16.3. The van der Waals surface area contributed by atoms with Gasteiger partial charge in [0.25, 0.3) is 5.91 Å². The number of amides is 1. The molecule has 0 bridgehead atoms. The number of hydrogen-bond acceptors (Lipinski definition) is 3. The fourth-order valence-electron chi connectivity index (χ4n) is 2.18. The summed E-state index contributed by atoms with van der Waals surface area (Å²) in [6.45, 7) is 4.00. The first-order valence-corrected chi connectivity index (χ1v) is 6.98. The van der Waals surface area contributed by atoms with Crippen LogP contribution in [-0.2, 0) is 0 Å². The van der Waals surface area contributed by atoms with Crippen molar-refractivity contribution in [3.8, 4) is 11.3 Å². The van der Waals surface area contributed by atoms with E-state index in [1.54, 1.807) is 18.5 Å². The Morgan fingerprint density at radius 2 is 1.91 bits per heavy atom. The number of carbonyl (C=O) groups excluding carboxylic acids is 1. The lowest BCUT2D eigenvalue weighted by atomic mass is 10.1. The van der Waals surface area contributed by atoms with Gasteiger partial charge in [-0.05, 0) is 49.2 Å². The Bertz CT molecular complexity index is 809. The van der Waals surface area contributed by atoms with Gasteiger partial charge in [0.1, 0.15) is 5.69 Å². The van der Waals surface area contributed by atoms with Crippen molar-refractivity contribution in [3.63, 3.8) is 0 Å². The summed E-state index contributed by atoms with van der Waals surface area (Å²) in [6, 6.07) is 11.3. The maximum Gasteiger partial charge on any atom is 0.273 e. The van der Waals surface area contributed by atoms with Crippen LogP contribution in [0.2, 0.25) is 0 Å². The van der Waals surface area contributed by atoms with E-state index in [0.29, 0.717) is 11.4 Å². The van der Waals surface area contributed by atoms with Crippen LogP contribution in [0.3, 0.4) is 0 Å². The van der Waals surface area contributed by atoms with E-state index in [1.165, 1.54) is 0 Å². The molecule has 5 nitrogen and oxygen atoms in total. The molecule has 0 spiro atoms. The average molecular weight is 292 g/mol. The molecule has 2 N–H and O–H groups in total. The SMILES string of the molecule is Cc1cccc(NC(=O)c2cc(-c3ccncc3)n[nH]2)c1C. The molecule has 0 saturated carbocycles. The third-order valence-electron chi connectivity index (χ3n) is 3.65. The van der Waals surface area contributed by atoms with Gasteiger partial charge in [-0.3, -0.25) is 14.9 Å². The molecule has 0 aliphatic rings. The van der Waals surface area contributed by atoms with E-state index >= 15 is 0 Å². The van der Waals surface area contributed by atoms with Gasteiger partial charge in [-0.1, -0.05) is 12.1 Å². The first kappa shape index (κ1) is 14.0. The molecule has 110 valence electrons. The number of aryl methyl sites for hydroxylation is 1. The number of benzene rings is 1. The van der Waals surface area contributed by atoms with Crippen LogP contribution in [0.1, 0.15) is 21.6 Å². The number of pyridine rings is 1. The summed E-state index contributed by atoms with van der Waals surface area (Å²) in [7, 11) is 0. The highest BCUT2D eigenvalue weighted by Gasteiger charge is 2.12. The maximum absolute atomic E-state index is 12.3. The molecular weight excluding hydrogens is 276 g/mol. The number of H-pyrrole nitrogens is 1. The minimum Gasteiger partial charge on any atom is -0.320 e. The Morgan fingerprint density at radius 3 is 2.68 bits per heavy atom. The second-order valence-corrected chi connectivity index (χ2v) is 5.10. The van der Waals surface area contributed by atoms with E-state index in [4.69, 9.17) is 0 Å². The number of anilines is 1. The summed E-state index contributed by atoms with van der Waals surface area (Å²) in [5, 5.41) is 9.86. The molecular formula is C17H16N4O. The summed E-state index contributed by atoms with van der Waals surface area (Å²) in [5.41, 5.74) is 5.06. The zero-order valence-corrected chi connectivity index (χ0v) is 12.4. The quantitative estimate of drug-likeness (QED) is 0.777. The normalized spacial score (nSPS) is 10.5. The highest BCUT2D eigenvalue weighted by molar-refractivity contribution is 6.03. The molecule has 1 amide bonds. The fraction of sp³-hybridized carbons (Fsp3) is 0.118. The van der Waals surface area contributed by atoms with Crippen LogP contribution < -0.4 is 5.32 Å². The van der Waals surface area contributed by atoms with Gasteiger partial charge < -0.3 is 5.32 Å². The smallest absolute Gasteiger partial charge is 0.273 e. The monoisotopic (exact) mass is 292 g/mol. The van der Waals surface area contributed by atoms with Crippen molar-refractivity contribution in [1.82, 2.24) is 15.2 Å². The molecule has 0 saturated heterocycles. The van der Waals surface area contributed by atoms with Gasteiger partial charge in [0, 0.05) is 23.6 Å². The van der Waals surface area contributed by atoms with Crippen molar-refractivity contribution in [2.24, 2.45) is 0 Å². The van der Waals surface area contributed by atoms with Gasteiger partial charge >= 0.3 is 0 Å². The van der Waals surface area contributed by atoms with E-state index in [2.05, 4.69) is 20.5 Å². The Kier molecular flexibility index (Phi) is 3.70. The first-order chi connectivity index (χ1) is 10.6. The summed E-state index contributed by atoms with van der Waals surface area (Å²) >= 11 is 0. The van der Waals surface area contributed by atoms with Crippen LogP contribution in [0.5, 0.6) is 0 Å². The van der Waals surface area contributed by atoms with Crippen molar-refractivity contribution in [2.45, 2.75) is 13.8 Å². The minimum absolute atomic E-state index is 0.207. The second-order valence-electron chi connectivity index (χ2n) is 5.10. The number of hydrogen-bond donors (Lipinski definition) is 2. The van der Waals surface area contributed by atoms with Crippen molar-refractivity contribution in [1.29, 1.82) is 0 Å². The summed E-state index contributed by atoms with van der Waals surface area (Å²) < 4.78 is 0. The van der Waals surface area contributed by atoms with Gasteiger partial charge in [0.15, 0.2) is 0 Å². The van der Waals surface area contributed by atoms with Gasteiger partial charge in [-0.15, -0.1) is 0 Å². The van der Waals surface area contributed by atoms with Gasteiger partial charge in [-0.2, -0.15) is 5.10 Å². The standard InChI is InChI=1S/C17H16N4O/c1-11-4-3-5-14(12(11)2)19-17(22)16-10-15(20-21-16)13-6-8-18-9-7-13/h3-10H,1-2H3,(H,19,22)(H,20,21). The van der Waals surface area contributed by atoms with Crippen LogP contribution >= 0.6 is 0 Å². The molecule has 5 heteroatoms. The molecule has 22 heavy (non-hydrogen) atoms. The predicted octanol–water partition coefficient (Wildman–Crippen LogP) is 3.34. The molecule has 0 unspecified atom stereocenters. The number of carbonyl (C=O) groups is 1. The molecule has 2 heterocycles. The summed E-state index contributed by atoms with van der Waals surface area (Å²) in [5.74, 6) is -0.207. The third-order valence-corrected chi connectivity index (χ3v) is 3.65. The van der Waals surface area contributed by atoms with Crippen molar-refractivity contribution < 1.29 is 4.79 Å². The Balaban J connectivity index is 1.82. The average Bonchev–Trinajstić information content (AvgIpc) is 3.03. The van der Waals surface area contributed by atoms with Crippen LogP contribution in [-0.4, -0.2) is 21.1 Å². The molecule has 1 aromatic carbocycles. The minimum atomic E-state index is -0.207. The van der Waals surface area contributed by atoms with Crippen molar-refractivity contribution in [2.75, 3.05) is 5.32 Å². The van der Waals surface area contributed by atoms with E-state index in [0.717, 1.165) is 22.4 Å². The highest BCUT2D eigenvalue weighted by Crippen LogP contribution is 2.20. The number of nitrogens with zero attached hydrogens (tertiary/aromatic N) is 2. The van der Waals surface area contributed by atoms with Crippen LogP contribution in [0.25, 0.3) is 11.3 Å². The van der Waals surface area contributed by atoms with E-state index in [9.17, 15) is 4.79 Å². The summed E-state index contributed by atoms with van der Waals surface area (Å²) in [6.07, 6.45) is 3.39. The predicted molar refractivity (Wildman–Crippen MR) is 85.7 cm³/mol. The van der Waals surface area contributed by atoms with Gasteiger partial charge in [-0.25, -0.2) is 0 Å². The van der Waals surface area contributed by atoms with Crippen molar-refractivity contribution >= 4 is 11.6 Å². The van der Waals surface area contributed by atoms with Crippen molar-refractivity contribution in [3.05, 3.63) is 65.6 Å². The Hall–Kier alpha value is -2.95. The molecule has 3 aromatic rings. The molecule has 2 aromatic heterocycles. The number of aromatic amines is 1. The molecule has 0 radical (unpaired) electrons. The Labute approximate surface area is 128 Å². The third kappa shape index (κ3) is 2.74. The zero-order valence-electron chi connectivity index (χ0n) is 12.4. The molecule has 0 fully saturated rings. The maximum atomic E-state index is 12.3. The Morgan fingerprint density at radius 1 is 1.14 bits per heavy atom. The molecule has 0 aliphatic carbocycles. The first-order valence-electron chi connectivity index (χ1n) is 6.98. The van der Waals surface area contributed by atoms with E-state index in [1.807, 2.05) is 44.2 Å². The lowest BCUT2D eigenvalue weighted by Gasteiger charge is -2.09. The van der Waals surface area contributed by atoms with Gasteiger partial charge in [0.2, 0.25) is 0 Å². The molecule has 0 atom stereocenters. The molecule has 3 rings (SSSR count). The second kappa shape index (κ2) is 5.81. The molecule has 0 aliphatic heterocycles. The van der Waals surface area contributed by atoms with E-state index < -0.39 is 0 Å². The fourth-order valence-corrected chi connectivity index (χ4v) is 2.18. The lowest BCUT2D eigenvalue weighted by Crippen LogP contribution is -2.13. The van der Waals surface area contributed by atoms with Crippen LogP contribution in [0, 0.1) is 13.8 Å². The topological polar surface area (TPSA) is 70.7 Å². The largest absolute Gasteiger partial charge is 0.320 e. The number of rotatable bonds is 3. The van der Waals surface area contributed by atoms with Crippen LogP contribution in [0.4, 0.5) is 5.69 Å². The number of nitrogens with one attached hydrogen (secondary N) is 2. The lowest BCUT2D eigenvalue weighted by molar-refractivity contribution is 0.102. The van der Waals surface area contributed by atoms with E-state index in [-0.39, 0.29) is 5.91 Å². The zero-order chi connectivity index (χ0) is 15.5. The van der Waals surface area contributed by atoms with Crippen LogP contribution in [0.15, 0.2) is 48.8 Å². The highest BCUT2D eigenvalue weighted by atomic mass is 16.1. The van der Waals surface area contributed by atoms with Gasteiger partial charge in [0.05, 0.1) is 5.69 Å².